The van der Waals surface area contributed by atoms with Gasteiger partial charge in [-0.1, -0.05) is 0 Å². The van der Waals surface area contributed by atoms with E-state index in [9.17, 15) is 14.0 Å². The van der Waals surface area contributed by atoms with Crippen molar-refractivity contribution >= 4 is 17.8 Å². The van der Waals surface area contributed by atoms with Gasteiger partial charge in [-0.15, -0.1) is 0 Å². The number of aryl methyl sites for hydroxylation is 1. The van der Waals surface area contributed by atoms with E-state index >= 15 is 0 Å². The van der Waals surface area contributed by atoms with Crippen LogP contribution in [-0.2, 0) is 17.7 Å². The molecule has 0 atom stereocenters. The fourth-order valence-corrected chi connectivity index (χ4v) is 2.95. The minimum atomic E-state index is -0.591. The second kappa shape index (κ2) is 6.68. The minimum Gasteiger partial charge on any atom is -0.444 e. The van der Waals surface area contributed by atoms with E-state index in [0.717, 1.165) is 10.2 Å². The molecule has 0 unspecified atom stereocenters. The Kier molecular flexibility index (Phi) is 4.67. The number of carbonyl (C=O) groups excluding carboxylic acids is 2. The molecule has 144 valence electrons. The van der Waals surface area contributed by atoms with Crippen LogP contribution in [0, 0.1) is 12.7 Å². The third-order valence-corrected chi connectivity index (χ3v) is 4.33. The number of rotatable bonds is 1. The number of nitrogens with two attached hydrogens (primary N) is 1. The molecule has 1 aromatic heterocycles. The molecular formula is C19H23FN4O3. The lowest BCUT2D eigenvalue weighted by molar-refractivity contribution is 0.0221. The normalized spacial score (nSPS) is 14.0. The van der Waals surface area contributed by atoms with Crippen molar-refractivity contribution in [2.75, 3.05) is 12.3 Å². The Balaban J connectivity index is 1.85. The Labute approximate surface area is 156 Å². The van der Waals surface area contributed by atoms with Gasteiger partial charge in [0.1, 0.15) is 17.2 Å². The molecule has 2 heterocycles. The number of ether oxygens (including phenoxy) is 1. The van der Waals surface area contributed by atoms with Crippen molar-refractivity contribution in [3.8, 4) is 0 Å². The van der Waals surface area contributed by atoms with Gasteiger partial charge >= 0.3 is 6.09 Å². The van der Waals surface area contributed by atoms with Crippen molar-refractivity contribution in [2.45, 2.75) is 46.3 Å². The van der Waals surface area contributed by atoms with Crippen molar-refractivity contribution in [1.82, 2.24) is 14.7 Å². The SMILES string of the molecule is Cc1cc(C(=O)n2nc3c(c2N)CCN(C(=O)OC(C)(C)C)C3)ccc1F. The molecule has 1 aliphatic heterocycles. The van der Waals surface area contributed by atoms with E-state index < -0.39 is 17.6 Å². The van der Waals surface area contributed by atoms with Gasteiger partial charge in [0.2, 0.25) is 0 Å². The van der Waals surface area contributed by atoms with Crippen molar-refractivity contribution in [1.29, 1.82) is 0 Å². The smallest absolute Gasteiger partial charge is 0.410 e. The lowest BCUT2D eigenvalue weighted by Gasteiger charge is -2.29. The van der Waals surface area contributed by atoms with E-state index in [1.807, 2.05) is 0 Å². The number of benzene rings is 1. The van der Waals surface area contributed by atoms with Crippen LogP contribution in [0.4, 0.5) is 15.0 Å². The monoisotopic (exact) mass is 374 g/mol. The summed E-state index contributed by atoms with van der Waals surface area (Å²) in [5.74, 6) is -0.568. The van der Waals surface area contributed by atoms with Gasteiger partial charge in [0.05, 0.1) is 12.2 Å². The van der Waals surface area contributed by atoms with Gasteiger partial charge in [-0.3, -0.25) is 4.79 Å². The molecule has 0 saturated carbocycles. The number of anilines is 1. The molecule has 1 aromatic carbocycles. The first kappa shape index (κ1) is 18.9. The average molecular weight is 374 g/mol. The number of hydrogen-bond acceptors (Lipinski definition) is 5. The van der Waals surface area contributed by atoms with Gasteiger partial charge in [-0.2, -0.15) is 9.78 Å². The predicted octanol–water partition coefficient (Wildman–Crippen LogP) is 2.89. The van der Waals surface area contributed by atoms with Crippen LogP contribution < -0.4 is 5.73 Å². The van der Waals surface area contributed by atoms with Crippen LogP contribution in [-0.4, -0.2) is 38.8 Å². The number of aromatic nitrogens is 2. The summed E-state index contributed by atoms with van der Waals surface area (Å²) in [6, 6.07) is 4.11. The molecule has 3 rings (SSSR count). The number of fused-ring (bicyclic) bond motifs is 1. The van der Waals surface area contributed by atoms with Gasteiger partial charge in [0.15, 0.2) is 0 Å². The van der Waals surface area contributed by atoms with E-state index in [1.54, 1.807) is 27.7 Å². The van der Waals surface area contributed by atoms with Gasteiger partial charge in [-0.05, 0) is 57.9 Å². The van der Waals surface area contributed by atoms with Gasteiger partial charge in [0.25, 0.3) is 5.91 Å². The Morgan fingerprint density at radius 1 is 1.30 bits per heavy atom. The summed E-state index contributed by atoms with van der Waals surface area (Å²) in [6.45, 7) is 7.64. The number of carbonyl (C=O) groups is 2. The van der Waals surface area contributed by atoms with Crippen molar-refractivity contribution in [2.24, 2.45) is 0 Å². The first-order chi connectivity index (χ1) is 12.6. The fraction of sp³-hybridized carbons (Fsp3) is 0.421. The molecule has 0 saturated heterocycles. The Morgan fingerprint density at radius 2 is 2.00 bits per heavy atom. The Bertz CT molecular complexity index is 914. The number of nitrogen functional groups attached to an aromatic ring is 1. The number of amides is 1. The number of halogens is 1. The molecule has 0 aliphatic carbocycles. The van der Waals surface area contributed by atoms with Gasteiger partial charge in [-0.25, -0.2) is 9.18 Å². The zero-order chi connectivity index (χ0) is 19.9. The molecule has 2 aromatic rings. The zero-order valence-electron chi connectivity index (χ0n) is 15.9. The van der Waals surface area contributed by atoms with E-state index in [1.165, 1.54) is 23.1 Å². The quantitative estimate of drug-likeness (QED) is 0.829. The van der Waals surface area contributed by atoms with Crippen LogP contribution in [0.2, 0.25) is 0 Å². The summed E-state index contributed by atoms with van der Waals surface area (Å²) in [6.07, 6.45) is 0.0533. The maximum atomic E-state index is 13.5. The first-order valence-corrected chi connectivity index (χ1v) is 8.72. The largest absolute Gasteiger partial charge is 0.444 e. The molecule has 0 spiro atoms. The zero-order valence-corrected chi connectivity index (χ0v) is 15.9. The molecule has 0 bridgehead atoms. The van der Waals surface area contributed by atoms with Crippen LogP contribution in [0.25, 0.3) is 0 Å². The molecule has 1 aliphatic rings. The standard InChI is InChI=1S/C19H23FN4O3/c1-11-9-12(5-6-14(11)20)17(25)24-16(21)13-7-8-23(10-15(13)22-24)18(26)27-19(2,3)4/h5-6,9H,7-8,10,21H2,1-4H3. The van der Waals surface area contributed by atoms with Crippen molar-refractivity contribution in [3.63, 3.8) is 0 Å². The van der Waals surface area contributed by atoms with E-state index in [-0.39, 0.29) is 18.2 Å². The van der Waals surface area contributed by atoms with Crippen molar-refractivity contribution in [3.05, 3.63) is 46.4 Å². The molecule has 27 heavy (non-hydrogen) atoms. The van der Waals surface area contributed by atoms with Crippen LogP contribution in [0.5, 0.6) is 0 Å². The lowest BCUT2D eigenvalue weighted by atomic mass is 10.1. The third-order valence-electron chi connectivity index (χ3n) is 4.33. The minimum absolute atomic E-state index is 0.219. The van der Waals surface area contributed by atoms with E-state index in [4.69, 9.17) is 10.5 Å². The predicted molar refractivity (Wildman–Crippen MR) is 97.9 cm³/mol. The molecule has 8 heteroatoms. The third kappa shape index (κ3) is 3.79. The molecule has 7 nitrogen and oxygen atoms in total. The second-order valence-corrected chi connectivity index (χ2v) is 7.64. The highest BCUT2D eigenvalue weighted by Gasteiger charge is 2.30. The van der Waals surface area contributed by atoms with Crippen LogP contribution in [0.3, 0.4) is 0 Å². The molecule has 0 fully saturated rings. The summed E-state index contributed by atoms with van der Waals surface area (Å²) < 4.78 is 20.0. The maximum absolute atomic E-state index is 13.5. The highest BCUT2D eigenvalue weighted by Crippen LogP contribution is 2.26. The highest BCUT2D eigenvalue weighted by atomic mass is 19.1. The Morgan fingerprint density at radius 3 is 2.63 bits per heavy atom. The summed E-state index contributed by atoms with van der Waals surface area (Å²) in [5.41, 5.74) is 7.52. The second-order valence-electron chi connectivity index (χ2n) is 7.64. The van der Waals surface area contributed by atoms with E-state index in [0.29, 0.717) is 29.8 Å². The first-order valence-electron chi connectivity index (χ1n) is 8.72. The Hall–Kier alpha value is -2.90. The lowest BCUT2D eigenvalue weighted by Crippen LogP contribution is -2.39. The van der Waals surface area contributed by atoms with Crippen LogP contribution in [0.15, 0.2) is 18.2 Å². The molecule has 2 N–H and O–H groups in total. The number of hydrogen-bond donors (Lipinski definition) is 1. The average Bonchev–Trinajstić information content (AvgIpc) is 2.91. The maximum Gasteiger partial charge on any atom is 0.410 e. The topological polar surface area (TPSA) is 90.5 Å². The van der Waals surface area contributed by atoms with Gasteiger partial charge in [0, 0.05) is 17.7 Å². The van der Waals surface area contributed by atoms with Gasteiger partial charge < -0.3 is 15.4 Å². The van der Waals surface area contributed by atoms with E-state index in [2.05, 4.69) is 5.10 Å². The fourth-order valence-electron chi connectivity index (χ4n) is 2.95. The highest BCUT2D eigenvalue weighted by molar-refractivity contribution is 5.97. The summed E-state index contributed by atoms with van der Waals surface area (Å²) >= 11 is 0. The summed E-state index contributed by atoms with van der Waals surface area (Å²) in [7, 11) is 0. The van der Waals surface area contributed by atoms with Crippen LogP contribution in [0.1, 0.15) is 48.0 Å². The van der Waals surface area contributed by atoms with Crippen molar-refractivity contribution < 1.29 is 18.7 Å². The van der Waals surface area contributed by atoms with Crippen LogP contribution >= 0.6 is 0 Å². The summed E-state index contributed by atoms with van der Waals surface area (Å²) in [5, 5.41) is 4.31. The number of nitrogens with zero attached hydrogens (tertiary/aromatic N) is 3. The molecule has 1 amide bonds. The summed E-state index contributed by atoms with van der Waals surface area (Å²) in [4.78, 5) is 26.6. The molecular weight excluding hydrogens is 351 g/mol. The molecule has 0 radical (unpaired) electrons.